The van der Waals surface area contributed by atoms with E-state index in [1.54, 1.807) is 40.5 Å². The highest BCUT2D eigenvalue weighted by Gasteiger charge is 2.21. The minimum absolute atomic E-state index is 0.213. The van der Waals surface area contributed by atoms with Crippen LogP contribution in [0.15, 0.2) is 54.2 Å². The summed E-state index contributed by atoms with van der Waals surface area (Å²) < 4.78 is 6.98. The lowest BCUT2D eigenvalue weighted by atomic mass is 10.1. The number of nitrogens with two attached hydrogens (primary N) is 1. The average Bonchev–Trinajstić information content (AvgIpc) is 3.34. The molecule has 2 heterocycles. The Labute approximate surface area is 164 Å². The Morgan fingerprint density at radius 3 is 2.64 bits per heavy atom. The third-order valence-electron chi connectivity index (χ3n) is 3.91. The molecule has 0 saturated carbocycles. The maximum absolute atomic E-state index is 12.3. The number of carbonyl (C=O) groups excluding carboxylic acids is 3. The quantitative estimate of drug-likeness (QED) is 0.592. The summed E-state index contributed by atoms with van der Waals surface area (Å²) >= 11 is 1.16. The van der Waals surface area contributed by atoms with Gasteiger partial charge in [0.2, 0.25) is 0 Å². The fourth-order valence-electron chi connectivity index (χ4n) is 2.42. The largest absolute Gasteiger partial charge is 0.449 e. The minimum Gasteiger partial charge on any atom is -0.449 e. The number of esters is 1. The Bertz CT molecular complexity index is 980. The maximum atomic E-state index is 12.3. The average molecular weight is 398 g/mol. The molecule has 3 rings (SSSR count). The van der Waals surface area contributed by atoms with Gasteiger partial charge in [0.25, 0.3) is 11.8 Å². The second-order valence-electron chi connectivity index (χ2n) is 5.97. The van der Waals surface area contributed by atoms with Crippen molar-refractivity contribution < 1.29 is 19.1 Å². The van der Waals surface area contributed by atoms with E-state index in [4.69, 9.17) is 10.5 Å². The zero-order valence-corrected chi connectivity index (χ0v) is 15.8. The molecule has 0 aliphatic rings. The SMILES string of the molecule is CC(OC(=O)c1ccc(Cn2cccn2)cc1)C(=O)Nc1sccc1C(N)=O. The van der Waals surface area contributed by atoms with Crippen molar-refractivity contribution in [1.82, 2.24) is 9.78 Å². The first-order chi connectivity index (χ1) is 13.4. The topological polar surface area (TPSA) is 116 Å². The van der Waals surface area contributed by atoms with Gasteiger partial charge in [0.05, 0.1) is 17.7 Å². The third kappa shape index (κ3) is 4.63. The number of primary amides is 1. The summed E-state index contributed by atoms with van der Waals surface area (Å²) in [5.41, 5.74) is 6.77. The predicted molar refractivity (Wildman–Crippen MR) is 104 cm³/mol. The van der Waals surface area contributed by atoms with E-state index in [9.17, 15) is 14.4 Å². The molecule has 0 bridgehead atoms. The van der Waals surface area contributed by atoms with E-state index in [1.807, 2.05) is 12.3 Å². The Morgan fingerprint density at radius 1 is 1.25 bits per heavy atom. The van der Waals surface area contributed by atoms with Gasteiger partial charge >= 0.3 is 5.97 Å². The van der Waals surface area contributed by atoms with E-state index in [0.29, 0.717) is 17.1 Å². The standard InChI is InChI=1S/C19H18N4O4S/c1-12(17(25)22-18-15(16(20)24)7-10-28-18)27-19(26)14-5-3-13(4-6-14)11-23-9-2-8-21-23/h2-10,12H,11H2,1H3,(H2,20,24)(H,22,25). The molecule has 1 aromatic carbocycles. The van der Waals surface area contributed by atoms with Crippen LogP contribution in [-0.2, 0) is 16.1 Å². The van der Waals surface area contributed by atoms with Gasteiger partial charge in [0.15, 0.2) is 6.10 Å². The van der Waals surface area contributed by atoms with Gasteiger partial charge in [-0.25, -0.2) is 4.79 Å². The molecule has 2 amide bonds. The molecule has 3 N–H and O–H groups in total. The summed E-state index contributed by atoms with van der Waals surface area (Å²) in [5.74, 6) is -1.81. The van der Waals surface area contributed by atoms with Crippen molar-refractivity contribution in [2.45, 2.75) is 19.6 Å². The van der Waals surface area contributed by atoms with Crippen LogP contribution in [0.4, 0.5) is 5.00 Å². The van der Waals surface area contributed by atoms with Gasteiger partial charge in [-0.1, -0.05) is 12.1 Å². The van der Waals surface area contributed by atoms with E-state index in [0.717, 1.165) is 16.9 Å². The number of aromatic nitrogens is 2. The molecule has 0 radical (unpaired) electrons. The van der Waals surface area contributed by atoms with Gasteiger partial charge in [-0.2, -0.15) is 5.10 Å². The van der Waals surface area contributed by atoms with Crippen molar-refractivity contribution >= 4 is 34.1 Å². The van der Waals surface area contributed by atoms with Crippen LogP contribution >= 0.6 is 11.3 Å². The number of anilines is 1. The first-order valence-electron chi connectivity index (χ1n) is 8.39. The van der Waals surface area contributed by atoms with Gasteiger partial charge in [-0.15, -0.1) is 11.3 Å². The summed E-state index contributed by atoms with van der Waals surface area (Å²) in [6, 6.07) is 10.2. The van der Waals surface area contributed by atoms with E-state index in [2.05, 4.69) is 10.4 Å². The summed E-state index contributed by atoms with van der Waals surface area (Å²) in [7, 11) is 0. The molecule has 3 aromatic rings. The highest BCUT2D eigenvalue weighted by molar-refractivity contribution is 7.14. The zero-order chi connectivity index (χ0) is 20.1. The maximum Gasteiger partial charge on any atom is 0.338 e. The second kappa shape index (κ2) is 8.49. The molecule has 28 heavy (non-hydrogen) atoms. The predicted octanol–water partition coefficient (Wildman–Crippen LogP) is 2.28. The van der Waals surface area contributed by atoms with Crippen LogP contribution in [0, 0.1) is 0 Å². The Hall–Kier alpha value is -3.46. The first kappa shape index (κ1) is 19.3. The number of hydrogen-bond acceptors (Lipinski definition) is 6. The number of carbonyl (C=O) groups is 3. The number of benzene rings is 1. The van der Waals surface area contributed by atoms with Gasteiger partial charge in [-0.05, 0) is 42.1 Å². The van der Waals surface area contributed by atoms with Crippen molar-refractivity contribution in [3.63, 3.8) is 0 Å². The van der Waals surface area contributed by atoms with Gasteiger partial charge in [0.1, 0.15) is 5.00 Å². The number of thiophene rings is 1. The zero-order valence-electron chi connectivity index (χ0n) is 15.0. The Balaban J connectivity index is 1.58. The monoisotopic (exact) mass is 398 g/mol. The molecular formula is C19H18N4O4S. The first-order valence-corrected chi connectivity index (χ1v) is 9.27. The van der Waals surface area contributed by atoms with Crippen molar-refractivity contribution in [1.29, 1.82) is 0 Å². The van der Waals surface area contributed by atoms with Crippen molar-refractivity contribution in [2.75, 3.05) is 5.32 Å². The van der Waals surface area contributed by atoms with Gasteiger partial charge in [-0.3, -0.25) is 14.3 Å². The normalized spacial score (nSPS) is 11.6. The number of rotatable bonds is 7. The van der Waals surface area contributed by atoms with E-state index < -0.39 is 23.9 Å². The molecule has 8 nitrogen and oxygen atoms in total. The third-order valence-corrected chi connectivity index (χ3v) is 4.74. The van der Waals surface area contributed by atoms with Gasteiger partial charge < -0.3 is 15.8 Å². The van der Waals surface area contributed by atoms with Crippen LogP contribution in [0.1, 0.15) is 33.2 Å². The molecule has 2 aromatic heterocycles. The highest BCUT2D eigenvalue weighted by atomic mass is 32.1. The fourth-order valence-corrected chi connectivity index (χ4v) is 3.22. The summed E-state index contributed by atoms with van der Waals surface area (Å²) in [5, 5.41) is 8.64. The summed E-state index contributed by atoms with van der Waals surface area (Å²) in [4.78, 5) is 35.8. The van der Waals surface area contributed by atoms with Crippen molar-refractivity contribution in [3.8, 4) is 0 Å². The van der Waals surface area contributed by atoms with Crippen LogP contribution in [-0.4, -0.2) is 33.7 Å². The lowest BCUT2D eigenvalue weighted by Gasteiger charge is -2.13. The highest BCUT2D eigenvalue weighted by Crippen LogP contribution is 2.23. The van der Waals surface area contributed by atoms with Crippen LogP contribution in [0.25, 0.3) is 0 Å². The lowest BCUT2D eigenvalue weighted by molar-refractivity contribution is -0.123. The molecule has 0 saturated heterocycles. The van der Waals surface area contributed by atoms with E-state index >= 15 is 0 Å². The lowest BCUT2D eigenvalue weighted by Crippen LogP contribution is -2.30. The number of hydrogen-bond donors (Lipinski definition) is 2. The van der Waals surface area contributed by atoms with Crippen LogP contribution in [0.3, 0.4) is 0 Å². The molecule has 1 atom stereocenters. The number of nitrogens with one attached hydrogen (secondary N) is 1. The molecule has 1 unspecified atom stereocenters. The Morgan fingerprint density at radius 2 is 2.00 bits per heavy atom. The smallest absolute Gasteiger partial charge is 0.338 e. The van der Waals surface area contributed by atoms with E-state index in [-0.39, 0.29) is 5.56 Å². The molecular weight excluding hydrogens is 380 g/mol. The van der Waals surface area contributed by atoms with Crippen molar-refractivity contribution in [3.05, 3.63) is 70.9 Å². The van der Waals surface area contributed by atoms with Crippen LogP contribution < -0.4 is 11.1 Å². The van der Waals surface area contributed by atoms with E-state index in [1.165, 1.54) is 13.0 Å². The molecule has 0 spiro atoms. The van der Waals surface area contributed by atoms with Crippen LogP contribution in [0.2, 0.25) is 0 Å². The number of amides is 2. The molecule has 0 fully saturated rings. The summed E-state index contributed by atoms with van der Waals surface area (Å²) in [6.45, 7) is 2.04. The summed E-state index contributed by atoms with van der Waals surface area (Å²) in [6.07, 6.45) is 2.50. The number of ether oxygens (including phenoxy) is 1. The minimum atomic E-state index is -1.04. The van der Waals surface area contributed by atoms with Crippen molar-refractivity contribution in [2.24, 2.45) is 5.73 Å². The Kier molecular flexibility index (Phi) is 5.85. The number of nitrogens with zero attached hydrogens (tertiary/aromatic N) is 2. The molecule has 0 aliphatic carbocycles. The molecule has 9 heteroatoms. The molecule has 0 aliphatic heterocycles. The molecule has 144 valence electrons. The van der Waals surface area contributed by atoms with Gasteiger partial charge in [0, 0.05) is 12.4 Å². The van der Waals surface area contributed by atoms with Crippen LogP contribution in [0.5, 0.6) is 0 Å². The fraction of sp³-hybridized carbons (Fsp3) is 0.158. The second-order valence-corrected chi connectivity index (χ2v) is 6.88.